The average Bonchev–Trinajstić information content (AvgIpc) is 2.63. The monoisotopic (exact) mass is 329 g/mol. The van der Waals surface area contributed by atoms with Crippen molar-refractivity contribution in [3.63, 3.8) is 0 Å². The second-order valence-electron chi connectivity index (χ2n) is 5.99. The molecule has 1 aliphatic rings. The third-order valence-electron chi connectivity index (χ3n) is 3.14. The molecule has 1 aliphatic heterocycles. The Labute approximate surface area is 122 Å². The normalized spacial score (nSPS) is 23.2. The van der Waals surface area contributed by atoms with Gasteiger partial charge in [-0.2, -0.15) is 5.10 Å². The first kappa shape index (κ1) is 14.4. The van der Waals surface area contributed by atoms with Crippen LogP contribution >= 0.6 is 15.9 Å². The number of carbonyl (C=O) groups excluding carboxylic acids is 1. The maximum atomic E-state index is 12.2. The minimum atomic E-state index is -0.474. The molecule has 0 N–H and O–H groups in total. The third-order valence-corrected chi connectivity index (χ3v) is 3.52. The van der Waals surface area contributed by atoms with Gasteiger partial charge in [0.1, 0.15) is 10.2 Å². The molecule has 0 bridgehead atoms. The van der Waals surface area contributed by atoms with Gasteiger partial charge in [-0.15, -0.1) is 0 Å². The van der Waals surface area contributed by atoms with Gasteiger partial charge in [0.25, 0.3) is 0 Å². The van der Waals surface area contributed by atoms with E-state index in [4.69, 9.17) is 4.74 Å². The van der Waals surface area contributed by atoms with Crippen LogP contribution in [0.3, 0.4) is 0 Å². The molecular formula is C13H20BrN3O2. The highest BCUT2D eigenvalue weighted by molar-refractivity contribution is 9.10. The van der Waals surface area contributed by atoms with Crippen LogP contribution in [0.15, 0.2) is 10.7 Å². The van der Waals surface area contributed by atoms with E-state index in [9.17, 15) is 4.79 Å². The highest BCUT2D eigenvalue weighted by atomic mass is 79.9. The van der Waals surface area contributed by atoms with Gasteiger partial charge < -0.3 is 4.74 Å². The Bertz CT molecular complexity index is 493. The van der Waals surface area contributed by atoms with Crippen molar-refractivity contribution in [1.82, 2.24) is 14.7 Å². The predicted molar refractivity (Wildman–Crippen MR) is 76.0 cm³/mol. The first-order valence-corrected chi connectivity index (χ1v) is 7.23. The maximum Gasteiger partial charge on any atom is 0.410 e. The standard InChI is InChI=1S/C13H20BrN3O2/c1-8-7-16(12(18)19-13(3,4)5)9(2)10-6-11(14)15-17(8)10/h6,8-9H,7H2,1-5H3/t8-,9-/m0/s1. The van der Waals surface area contributed by atoms with Gasteiger partial charge >= 0.3 is 6.09 Å². The summed E-state index contributed by atoms with van der Waals surface area (Å²) in [5.74, 6) is 0. The fourth-order valence-electron chi connectivity index (χ4n) is 2.28. The second kappa shape index (κ2) is 4.81. The number of hydrogen-bond acceptors (Lipinski definition) is 3. The van der Waals surface area contributed by atoms with Crippen molar-refractivity contribution in [3.8, 4) is 0 Å². The summed E-state index contributed by atoms with van der Waals surface area (Å²) in [6, 6.07) is 2.06. The molecular weight excluding hydrogens is 310 g/mol. The lowest BCUT2D eigenvalue weighted by Crippen LogP contribution is -2.45. The number of halogens is 1. The largest absolute Gasteiger partial charge is 0.444 e. The summed E-state index contributed by atoms with van der Waals surface area (Å²) in [5.41, 5.74) is 0.551. The van der Waals surface area contributed by atoms with Crippen LogP contribution in [-0.4, -0.2) is 32.9 Å². The van der Waals surface area contributed by atoms with E-state index in [0.717, 1.165) is 10.3 Å². The van der Waals surface area contributed by atoms with Gasteiger partial charge in [0.05, 0.1) is 17.8 Å². The Hall–Kier alpha value is -1.04. The first-order valence-electron chi connectivity index (χ1n) is 6.43. The zero-order valence-electron chi connectivity index (χ0n) is 12.0. The summed E-state index contributed by atoms with van der Waals surface area (Å²) in [4.78, 5) is 14.0. The van der Waals surface area contributed by atoms with Crippen LogP contribution in [-0.2, 0) is 4.74 Å². The number of rotatable bonds is 0. The molecule has 1 aromatic heterocycles. The number of aromatic nitrogens is 2. The Balaban J connectivity index is 2.24. The van der Waals surface area contributed by atoms with E-state index in [1.165, 1.54) is 0 Å². The van der Waals surface area contributed by atoms with Gasteiger partial charge in [-0.25, -0.2) is 4.79 Å². The van der Waals surface area contributed by atoms with Crippen molar-refractivity contribution >= 4 is 22.0 Å². The van der Waals surface area contributed by atoms with E-state index in [2.05, 4.69) is 21.0 Å². The number of fused-ring (bicyclic) bond motifs is 1. The van der Waals surface area contributed by atoms with Crippen molar-refractivity contribution in [2.75, 3.05) is 6.54 Å². The highest BCUT2D eigenvalue weighted by Gasteiger charge is 2.35. The van der Waals surface area contributed by atoms with Crippen LogP contribution in [0.4, 0.5) is 4.79 Å². The van der Waals surface area contributed by atoms with Gasteiger partial charge in [0.2, 0.25) is 0 Å². The number of nitrogens with zero attached hydrogens (tertiary/aromatic N) is 3. The van der Waals surface area contributed by atoms with Gasteiger partial charge in [0, 0.05) is 6.54 Å². The Morgan fingerprint density at radius 2 is 2.11 bits per heavy atom. The van der Waals surface area contributed by atoms with Crippen molar-refractivity contribution < 1.29 is 9.53 Å². The third kappa shape index (κ3) is 2.94. The SMILES string of the molecule is C[C@H]1c2cc(Br)nn2[C@@H](C)CN1C(=O)OC(C)(C)C. The Morgan fingerprint density at radius 3 is 2.68 bits per heavy atom. The molecule has 0 unspecified atom stereocenters. The van der Waals surface area contributed by atoms with E-state index in [-0.39, 0.29) is 18.2 Å². The first-order chi connectivity index (χ1) is 8.69. The summed E-state index contributed by atoms with van der Waals surface area (Å²) in [5, 5.41) is 4.41. The van der Waals surface area contributed by atoms with Crippen molar-refractivity contribution in [3.05, 3.63) is 16.4 Å². The molecule has 2 heterocycles. The summed E-state index contributed by atoms with van der Waals surface area (Å²) in [6.45, 7) is 10.3. The molecule has 2 atom stereocenters. The summed E-state index contributed by atoms with van der Waals surface area (Å²) in [6.07, 6.45) is -0.268. The topological polar surface area (TPSA) is 47.4 Å². The van der Waals surface area contributed by atoms with E-state index in [1.807, 2.05) is 45.4 Å². The molecule has 0 aromatic carbocycles. The van der Waals surface area contributed by atoms with E-state index in [0.29, 0.717) is 6.54 Å². The lowest BCUT2D eigenvalue weighted by Gasteiger charge is -2.38. The molecule has 0 aliphatic carbocycles. The predicted octanol–water partition coefficient (Wildman–Crippen LogP) is 3.52. The van der Waals surface area contributed by atoms with E-state index < -0.39 is 5.60 Å². The maximum absolute atomic E-state index is 12.2. The molecule has 0 saturated carbocycles. The second-order valence-corrected chi connectivity index (χ2v) is 6.81. The van der Waals surface area contributed by atoms with Crippen LogP contribution in [0.25, 0.3) is 0 Å². The average molecular weight is 330 g/mol. The molecule has 106 valence electrons. The quantitative estimate of drug-likeness (QED) is 0.731. The Morgan fingerprint density at radius 1 is 1.47 bits per heavy atom. The molecule has 2 rings (SSSR count). The number of ether oxygens (including phenoxy) is 1. The lowest BCUT2D eigenvalue weighted by molar-refractivity contribution is 0.00864. The van der Waals surface area contributed by atoms with Crippen molar-refractivity contribution in [1.29, 1.82) is 0 Å². The zero-order valence-corrected chi connectivity index (χ0v) is 13.6. The summed E-state index contributed by atoms with van der Waals surface area (Å²) >= 11 is 3.39. The molecule has 0 saturated heterocycles. The summed E-state index contributed by atoms with van der Waals surface area (Å²) < 4.78 is 8.23. The Kier molecular flexibility index (Phi) is 3.64. The van der Waals surface area contributed by atoms with Crippen LogP contribution in [0, 0.1) is 0 Å². The smallest absolute Gasteiger partial charge is 0.410 e. The fraction of sp³-hybridized carbons (Fsp3) is 0.692. The molecule has 6 heteroatoms. The number of amides is 1. The number of carbonyl (C=O) groups is 1. The van der Waals surface area contributed by atoms with Gasteiger partial charge in [-0.1, -0.05) is 0 Å². The summed E-state index contributed by atoms with van der Waals surface area (Å²) in [7, 11) is 0. The van der Waals surface area contributed by atoms with Crippen LogP contribution in [0.1, 0.15) is 52.4 Å². The van der Waals surface area contributed by atoms with E-state index >= 15 is 0 Å². The zero-order chi connectivity index (χ0) is 14.4. The van der Waals surface area contributed by atoms with Gasteiger partial charge in [-0.05, 0) is 56.6 Å². The van der Waals surface area contributed by atoms with Crippen LogP contribution < -0.4 is 0 Å². The van der Waals surface area contributed by atoms with Gasteiger partial charge in [-0.3, -0.25) is 9.58 Å². The van der Waals surface area contributed by atoms with Crippen molar-refractivity contribution in [2.45, 2.75) is 52.3 Å². The highest BCUT2D eigenvalue weighted by Crippen LogP contribution is 2.32. The molecule has 0 spiro atoms. The molecule has 19 heavy (non-hydrogen) atoms. The molecule has 5 nitrogen and oxygen atoms in total. The van der Waals surface area contributed by atoms with E-state index in [1.54, 1.807) is 4.90 Å². The minimum absolute atomic E-state index is 0.0372. The number of hydrogen-bond donors (Lipinski definition) is 0. The minimum Gasteiger partial charge on any atom is -0.444 e. The van der Waals surface area contributed by atoms with Crippen LogP contribution in [0.2, 0.25) is 0 Å². The van der Waals surface area contributed by atoms with Gasteiger partial charge in [0.15, 0.2) is 0 Å². The van der Waals surface area contributed by atoms with Crippen LogP contribution in [0.5, 0.6) is 0 Å². The molecule has 1 aromatic rings. The fourth-order valence-corrected chi connectivity index (χ4v) is 2.68. The van der Waals surface area contributed by atoms with Crippen molar-refractivity contribution in [2.24, 2.45) is 0 Å². The molecule has 1 amide bonds. The molecule has 0 fully saturated rings. The molecule has 0 radical (unpaired) electrons. The lowest BCUT2D eigenvalue weighted by atomic mass is 10.1.